The third-order valence-electron chi connectivity index (χ3n) is 4.82. The number of rotatable bonds is 2. The molecule has 3 heterocycles. The summed E-state index contributed by atoms with van der Waals surface area (Å²) < 4.78 is 8.10. The molecule has 1 aromatic heterocycles. The average molecular weight is 307 g/mol. The van der Waals surface area contributed by atoms with E-state index in [2.05, 4.69) is 34.1 Å². The molecule has 0 bridgehead atoms. The van der Waals surface area contributed by atoms with Crippen molar-refractivity contribution in [2.24, 2.45) is 5.92 Å². The Morgan fingerprint density at radius 3 is 2.86 bits per heavy atom. The SMILES string of the molecule is Cl.c1ccc2c(c1)c1c(n2CC2CCOCC2)CCNC1. The zero-order valence-electron chi connectivity index (χ0n) is 12.3. The monoisotopic (exact) mass is 306 g/mol. The molecule has 114 valence electrons. The fraction of sp³-hybridized carbons (Fsp3) is 0.529. The fourth-order valence-electron chi connectivity index (χ4n) is 3.73. The predicted octanol–water partition coefficient (Wildman–Crippen LogP) is 3.14. The van der Waals surface area contributed by atoms with Crippen LogP contribution < -0.4 is 5.32 Å². The van der Waals surface area contributed by atoms with Crippen molar-refractivity contribution >= 4 is 23.3 Å². The maximum Gasteiger partial charge on any atom is 0.0485 e. The minimum Gasteiger partial charge on any atom is -0.381 e. The van der Waals surface area contributed by atoms with E-state index in [9.17, 15) is 0 Å². The van der Waals surface area contributed by atoms with Gasteiger partial charge in [0.2, 0.25) is 0 Å². The highest BCUT2D eigenvalue weighted by Crippen LogP contribution is 2.30. The van der Waals surface area contributed by atoms with Crippen molar-refractivity contribution in [2.75, 3.05) is 19.8 Å². The molecule has 0 amide bonds. The van der Waals surface area contributed by atoms with Gasteiger partial charge in [0.15, 0.2) is 0 Å². The van der Waals surface area contributed by atoms with Gasteiger partial charge in [-0.3, -0.25) is 0 Å². The molecule has 1 fully saturated rings. The van der Waals surface area contributed by atoms with Gasteiger partial charge in [0, 0.05) is 55.9 Å². The number of benzene rings is 1. The van der Waals surface area contributed by atoms with Gasteiger partial charge in [-0.25, -0.2) is 0 Å². The van der Waals surface area contributed by atoms with Crippen LogP contribution in [-0.2, 0) is 24.2 Å². The molecular weight excluding hydrogens is 284 g/mol. The van der Waals surface area contributed by atoms with E-state index < -0.39 is 0 Å². The number of nitrogens with one attached hydrogen (secondary N) is 1. The van der Waals surface area contributed by atoms with Crippen LogP contribution in [-0.4, -0.2) is 24.3 Å². The van der Waals surface area contributed by atoms with Crippen molar-refractivity contribution in [2.45, 2.75) is 32.4 Å². The molecule has 0 atom stereocenters. The van der Waals surface area contributed by atoms with Crippen LogP contribution in [0.25, 0.3) is 10.9 Å². The molecule has 3 nitrogen and oxygen atoms in total. The summed E-state index contributed by atoms with van der Waals surface area (Å²) in [4.78, 5) is 0. The Kier molecular flexibility index (Phi) is 4.53. The van der Waals surface area contributed by atoms with Crippen molar-refractivity contribution in [3.63, 3.8) is 0 Å². The summed E-state index contributed by atoms with van der Waals surface area (Å²) >= 11 is 0. The Hall–Kier alpha value is -1.03. The number of halogens is 1. The second kappa shape index (κ2) is 6.39. The highest BCUT2D eigenvalue weighted by molar-refractivity contribution is 5.86. The molecule has 4 rings (SSSR count). The number of ether oxygens (including phenoxy) is 1. The van der Waals surface area contributed by atoms with E-state index in [0.29, 0.717) is 0 Å². The minimum atomic E-state index is 0. The molecule has 2 aliphatic heterocycles. The molecule has 21 heavy (non-hydrogen) atoms. The smallest absolute Gasteiger partial charge is 0.0485 e. The fourth-order valence-corrected chi connectivity index (χ4v) is 3.73. The van der Waals surface area contributed by atoms with E-state index in [1.807, 2.05) is 0 Å². The van der Waals surface area contributed by atoms with Crippen LogP contribution in [0.3, 0.4) is 0 Å². The third-order valence-corrected chi connectivity index (χ3v) is 4.82. The van der Waals surface area contributed by atoms with E-state index in [4.69, 9.17) is 4.74 Å². The van der Waals surface area contributed by atoms with Gasteiger partial charge < -0.3 is 14.6 Å². The number of nitrogens with zero attached hydrogens (tertiary/aromatic N) is 1. The Morgan fingerprint density at radius 1 is 1.19 bits per heavy atom. The van der Waals surface area contributed by atoms with Crippen LogP contribution in [0, 0.1) is 5.92 Å². The Labute approximate surface area is 132 Å². The van der Waals surface area contributed by atoms with Gasteiger partial charge in [-0.05, 0) is 30.4 Å². The first-order valence-electron chi connectivity index (χ1n) is 7.81. The van der Waals surface area contributed by atoms with Gasteiger partial charge in [-0.15, -0.1) is 12.4 Å². The van der Waals surface area contributed by atoms with Crippen LogP contribution >= 0.6 is 12.4 Å². The lowest BCUT2D eigenvalue weighted by Gasteiger charge is -2.25. The number of para-hydroxylation sites is 1. The Bertz CT molecular complexity index is 617. The Morgan fingerprint density at radius 2 is 2.00 bits per heavy atom. The van der Waals surface area contributed by atoms with Crippen molar-refractivity contribution in [1.82, 2.24) is 9.88 Å². The van der Waals surface area contributed by atoms with Gasteiger partial charge in [0.05, 0.1) is 0 Å². The highest BCUT2D eigenvalue weighted by atomic mass is 35.5. The first-order valence-corrected chi connectivity index (χ1v) is 7.81. The van der Waals surface area contributed by atoms with Crippen molar-refractivity contribution < 1.29 is 4.74 Å². The van der Waals surface area contributed by atoms with Gasteiger partial charge in [-0.1, -0.05) is 18.2 Å². The van der Waals surface area contributed by atoms with Crippen molar-refractivity contribution in [3.8, 4) is 0 Å². The summed E-state index contributed by atoms with van der Waals surface area (Å²) in [5.41, 5.74) is 4.52. The molecule has 1 saturated heterocycles. The second-order valence-electron chi connectivity index (χ2n) is 6.04. The maximum absolute atomic E-state index is 5.50. The molecule has 0 unspecified atom stereocenters. The van der Waals surface area contributed by atoms with Gasteiger partial charge in [-0.2, -0.15) is 0 Å². The largest absolute Gasteiger partial charge is 0.381 e. The van der Waals surface area contributed by atoms with Gasteiger partial charge >= 0.3 is 0 Å². The topological polar surface area (TPSA) is 26.2 Å². The zero-order valence-corrected chi connectivity index (χ0v) is 13.1. The average Bonchev–Trinajstić information content (AvgIpc) is 2.84. The van der Waals surface area contributed by atoms with Crippen LogP contribution in [0.2, 0.25) is 0 Å². The van der Waals surface area contributed by atoms with Crippen molar-refractivity contribution in [1.29, 1.82) is 0 Å². The molecule has 2 aromatic rings. The first kappa shape index (κ1) is 14.9. The molecular formula is C17H23ClN2O. The zero-order chi connectivity index (χ0) is 13.4. The van der Waals surface area contributed by atoms with Crippen LogP contribution in [0.15, 0.2) is 24.3 Å². The molecule has 0 saturated carbocycles. The lowest BCUT2D eigenvalue weighted by Crippen LogP contribution is -2.26. The second-order valence-corrected chi connectivity index (χ2v) is 6.04. The summed E-state index contributed by atoms with van der Waals surface area (Å²) in [5, 5.41) is 4.96. The summed E-state index contributed by atoms with van der Waals surface area (Å²) in [6, 6.07) is 8.90. The van der Waals surface area contributed by atoms with E-state index in [1.54, 1.807) is 5.69 Å². The predicted molar refractivity (Wildman–Crippen MR) is 88.1 cm³/mol. The van der Waals surface area contributed by atoms with E-state index in [0.717, 1.165) is 38.6 Å². The van der Waals surface area contributed by atoms with Crippen LogP contribution in [0.4, 0.5) is 0 Å². The Balaban J connectivity index is 0.00000132. The summed E-state index contributed by atoms with van der Waals surface area (Å²) in [6.45, 7) is 5.17. The number of fused-ring (bicyclic) bond motifs is 3. The normalized spacial score (nSPS) is 19.2. The summed E-state index contributed by atoms with van der Waals surface area (Å²) in [6.07, 6.45) is 3.58. The standard InChI is InChI=1S/C17H22N2O.ClH/c1-2-4-16-14(3-1)15-11-18-8-5-17(15)19(16)12-13-6-9-20-10-7-13;/h1-4,13,18H,5-12H2;1H. The lowest BCUT2D eigenvalue weighted by molar-refractivity contribution is 0.0614. The minimum absolute atomic E-state index is 0. The lowest BCUT2D eigenvalue weighted by atomic mass is 10.00. The quantitative estimate of drug-likeness (QED) is 0.922. The molecule has 0 aliphatic carbocycles. The number of aromatic nitrogens is 1. The number of hydrogen-bond donors (Lipinski definition) is 1. The van der Waals surface area contributed by atoms with E-state index >= 15 is 0 Å². The molecule has 1 aromatic carbocycles. The van der Waals surface area contributed by atoms with E-state index in [1.165, 1.54) is 35.9 Å². The molecule has 1 N–H and O–H groups in total. The number of hydrogen-bond acceptors (Lipinski definition) is 2. The molecule has 0 spiro atoms. The maximum atomic E-state index is 5.50. The van der Waals surface area contributed by atoms with E-state index in [-0.39, 0.29) is 12.4 Å². The summed E-state index contributed by atoms with van der Waals surface area (Å²) in [5.74, 6) is 0.776. The van der Waals surface area contributed by atoms with Gasteiger partial charge in [0.1, 0.15) is 0 Å². The molecule has 4 heteroatoms. The first-order chi connectivity index (χ1) is 9.93. The van der Waals surface area contributed by atoms with Crippen molar-refractivity contribution in [3.05, 3.63) is 35.5 Å². The van der Waals surface area contributed by atoms with Gasteiger partial charge in [0.25, 0.3) is 0 Å². The van der Waals surface area contributed by atoms with Crippen LogP contribution in [0.1, 0.15) is 24.1 Å². The molecule has 2 aliphatic rings. The molecule has 0 radical (unpaired) electrons. The highest BCUT2D eigenvalue weighted by Gasteiger charge is 2.22. The van der Waals surface area contributed by atoms with Crippen LogP contribution in [0.5, 0.6) is 0 Å². The third kappa shape index (κ3) is 2.70. The summed E-state index contributed by atoms with van der Waals surface area (Å²) in [7, 11) is 0.